The highest BCUT2D eigenvalue weighted by atomic mass is 16.6. The number of carbonyl (C=O) groups is 1. The van der Waals surface area contributed by atoms with Crippen LogP contribution in [0.3, 0.4) is 0 Å². The summed E-state index contributed by atoms with van der Waals surface area (Å²) in [5, 5.41) is 10.4. The van der Waals surface area contributed by atoms with Crippen LogP contribution < -0.4 is 5.32 Å². The molecule has 0 unspecified atom stereocenters. The van der Waals surface area contributed by atoms with Gasteiger partial charge in [0.25, 0.3) is 0 Å². The van der Waals surface area contributed by atoms with Gasteiger partial charge >= 0.3 is 0 Å². The van der Waals surface area contributed by atoms with Crippen molar-refractivity contribution in [3.8, 4) is 0 Å². The predicted octanol–water partition coefficient (Wildman–Crippen LogP) is 1.46. The van der Waals surface area contributed by atoms with Gasteiger partial charge in [-0.1, -0.05) is 29.6 Å². The van der Waals surface area contributed by atoms with E-state index in [4.69, 9.17) is 4.74 Å². The summed E-state index contributed by atoms with van der Waals surface area (Å²) in [6, 6.07) is 0.738. The van der Waals surface area contributed by atoms with Gasteiger partial charge in [-0.25, -0.2) is 4.63 Å². The van der Waals surface area contributed by atoms with Crippen LogP contribution in [0.15, 0.2) is 4.63 Å². The fourth-order valence-electron chi connectivity index (χ4n) is 3.69. The maximum absolute atomic E-state index is 11.9. The van der Waals surface area contributed by atoms with Crippen LogP contribution >= 0.6 is 0 Å². The van der Waals surface area contributed by atoms with Crippen molar-refractivity contribution in [1.82, 2.24) is 20.5 Å². The van der Waals surface area contributed by atoms with Gasteiger partial charge in [-0.15, -0.1) is 0 Å². The Balaban J connectivity index is 1.36. The summed E-state index contributed by atoms with van der Waals surface area (Å²) in [5.74, 6) is -0.0475. The number of hydrogen-bond donors (Lipinski definition) is 1. The van der Waals surface area contributed by atoms with Gasteiger partial charge in [-0.3, -0.25) is 9.69 Å². The second-order valence-electron chi connectivity index (χ2n) is 6.89. The Morgan fingerprint density at radius 2 is 2.12 bits per heavy atom. The highest BCUT2D eigenvalue weighted by molar-refractivity contribution is 5.78. The molecule has 1 N–H and O–H groups in total. The number of nitrogens with one attached hydrogen (secondary N) is 1. The smallest absolute Gasteiger partial charge is 0.226 e. The topological polar surface area (TPSA) is 80.5 Å². The number of hydrogen-bond acceptors (Lipinski definition) is 6. The van der Waals surface area contributed by atoms with E-state index in [0.29, 0.717) is 17.9 Å². The summed E-state index contributed by atoms with van der Waals surface area (Å²) in [7, 11) is 0. The molecule has 0 spiro atoms. The molecule has 0 bridgehead atoms. The van der Waals surface area contributed by atoms with E-state index in [1.54, 1.807) is 6.92 Å². The maximum atomic E-state index is 11.9. The fraction of sp³-hybridized carbons (Fsp3) is 0.824. The van der Waals surface area contributed by atoms with Gasteiger partial charge < -0.3 is 10.1 Å². The molecular formula is C17H28N4O3. The number of ether oxygens (including phenoxy) is 1. The Hall–Kier alpha value is -1.47. The lowest BCUT2D eigenvalue weighted by atomic mass is 9.93. The van der Waals surface area contributed by atoms with Gasteiger partial charge in [0.2, 0.25) is 5.91 Å². The van der Waals surface area contributed by atoms with Gasteiger partial charge in [-0.2, -0.15) is 0 Å². The van der Waals surface area contributed by atoms with Crippen molar-refractivity contribution in [3.63, 3.8) is 0 Å². The highest BCUT2D eigenvalue weighted by Gasteiger charge is 2.27. The molecule has 1 saturated carbocycles. The largest absolute Gasteiger partial charge is 0.375 e. The van der Waals surface area contributed by atoms with Crippen LogP contribution in [0.25, 0.3) is 0 Å². The molecule has 0 radical (unpaired) electrons. The molecule has 0 aromatic carbocycles. The third-order valence-corrected chi connectivity index (χ3v) is 5.12. The molecule has 1 saturated heterocycles. The van der Waals surface area contributed by atoms with E-state index < -0.39 is 0 Å². The Bertz CT molecular complexity index is 528. The van der Waals surface area contributed by atoms with E-state index in [9.17, 15) is 4.79 Å². The third kappa shape index (κ3) is 4.77. The second-order valence-corrected chi connectivity index (χ2v) is 6.89. The van der Waals surface area contributed by atoms with Crippen LogP contribution in [0.4, 0.5) is 0 Å². The summed E-state index contributed by atoms with van der Waals surface area (Å²) >= 11 is 0. The number of aromatic nitrogens is 2. The number of amides is 1. The van der Waals surface area contributed by atoms with Crippen molar-refractivity contribution >= 4 is 5.91 Å². The van der Waals surface area contributed by atoms with Crippen molar-refractivity contribution in [2.75, 3.05) is 26.2 Å². The van der Waals surface area contributed by atoms with Crippen LogP contribution in [-0.4, -0.2) is 59.5 Å². The van der Waals surface area contributed by atoms with Crippen molar-refractivity contribution < 1.29 is 14.2 Å². The molecule has 7 heteroatoms. The van der Waals surface area contributed by atoms with Crippen molar-refractivity contribution in [2.45, 2.75) is 64.0 Å². The number of rotatable bonds is 6. The average molecular weight is 336 g/mol. The van der Waals surface area contributed by atoms with Crippen LogP contribution in [0, 0.1) is 6.92 Å². The molecule has 1 aromatic rings. The maximum Gasteiger partial charge on any atom is 0.226 e. The zero-order chi connectivity index (χ0) is 16.8. The molecular weight excluding hydrogens is 308 g/mol. The molecule has 2 fully saturated rings. The summed E-state index contributed by atoms with van der Waals surface area (Å²) < 4.78 is 10.5. The van der Waals surface area contributed by atoms with Crippen LogP contribution in [-0.2, 0) is 16.0 Å². The minimum Gasteiger partial charge on any atom is -0.375 e. The van der Waals surface area contributed by atoms with Crippen molar-refractivity contribution in [2.24, 2.45) is 0 Å². The zero-order valence-corrected chi connectivity index (χ0v) is 14.5. The molecule has 24 heavy (non-hydrogen) atoms. The van der Waals surface area contributed by atoms with Gasteiger partial charge in [0, 0.05) is 25.7 Å². The summed E-state index contributed by atoms with van der Waals surface area (Å²) in [4.78, 5) is 14.5. The lowest BCUT2D eigenvalue weighted by molar-refractivity contribution is -0.120. The molecule has 1 atom stereocenters. The first-order chi connectivity index (χ1) is 11.7. The molecule has 2 aliphatic rings. The van der Waals surface area contributed by atoms with E-state index in [2.05, 4.69) is 25.2 Å². The minimum absolute atomic E-state index is 0.0475. The fourth-order valence-corrected chi connectivity index (χ4v) is 3.69. The number of carbonyl (C=O) groups excluding carboxylic acids is 1. The van der Waals surface area contributed by atoms with Crippen LogP contribution in [0.1, 0.15) is 49.9 Å². The van der Waals surface area contributed by atoms with E-state index in [-0.39, 0.29) is 18.4 Å². The van der Waals surface area contributed by atoms with E-state index in [1.807, 2.05) is 0 Å². The first kappa shape index (κ1) is 17.4. The molecule has 1 aliphatic carbocycles. The van der Waals surface area contributed by atoms with Gasteiger partial charge in [0.05, 0.1) is 19.1 Å². The highest BCUT2D eigenvalue weighted by Crippen LogP contribution is 2.24. The lowest BCUT2D eigenvalue weighted by Gasteiger charge is -2.40. The summed E-state index contributed by atoms with van der Waals surface area (Å²) in [5.41, 5.74) is 1.27. The molecule has 1 amide bonds. The zero-order valence-electron chi connectivity index (χ0n) is 14.5. The monoisotopic (exact) mass is 336 g/mol. The van der Waals surface area contributed by atoms with E-state index in [0.717, 1.165) is 32.2 Å². The quantitative estimate of drug-likeness (QED) is 0.847. The molecule has 134 valence electrons. The molecule has 1 aromatic heterocycles. The van der Waals surface area contributed by atoms with Crippen LogP contribution in [0.5, 0.6) is 0 Å². The second kappa shape index (κ2) is 8.58. The normalized spacial score (nSPS) is 23.3. The minimum atomic E-state index is -0.0475. The van der Waals surface area contributed by atoms with Crippen molar-refractivity contribution in [3.05, 3.63) is 11.4 Å². The predicted molar refractivity (Wildman–Crippen MR) is 88.6 cm³/mol. The Kier molecular flexibility index (Phi) is 6.20. The van der Waals surface area contributed by atoms with Crippen molar-refractivity contribution in [1.29, 1.82) is 0 Å². The van der Waals surface area contributed by atoms with E-state index in [1.165, 1.54) is 32.1 Å². The summed E-state index contributed by atoms with van der Waals surface area (Å²) in [6.07, 6.45) is 8.05. The van der Waals surface area contributed by atoms with Crippen LogP contribution in [0.2, 0.25) is 0 Å². The molecule has 1 aliphatic heterocycles. The molecule has 2 heterocycles. The Labute approximate surface area is 143 Å². The Morgan fingerprint density at radius 1 is 1.29 bits per heavy atom. The number of morpholine rings is 1. The lowest BCUT2D eigenvalue weighted by Crippen LogP contribution is -2.49. The third-order valence-electron chi connectivity index (χ3n) is 5.12. The molecule has 7 nitrogen and oxygen atoms in total. The first-order valence-corrected chi connectivity index (χ1v) is 9.13. The van der Waals surface area contributed by atoms with Gasteiger partial charge in [-0.05, 0) is 26.2 Å². The number of nitrogens with zero attached hydrogens (tertiary/aromatic N) is 3. The average Bonchev–Trinajstić information content (AvgIpc) is 3.01. The summed E-state index contributed by atoms with van der Waals surface area (Å²) in [6.45, 7) is 5.26. The van der Waals surface area contributed by atoms with Gasteiger partial charge in [0.1, 0.15) is 11.4 Å². The van der Waals surface area contributed by atoms with Gasteiger partial charge in [0.15, 0.2) is 0 Å². The van der Waals surface area contributed by atoms with E-state index >= 15 is 0 Å². The number of aryl methyl sites for hydroxylation is 1. The SMILES string of the molecule is Cc1nonc1CC(=O)NCC[C@@H]1CN(C2CCCCC2)CCO1. The Morgan fingerprint density at radius 3 is 2.88 bits per heavy atom. The first-order valence-electron chi connectivity index (χ1n) is 9.13. The molecule has 3 rings (SSSR count). The standard InChI is InChI=1S/C17H28N4O3/c1-13-16(20-24-19-13)11-17(22)18-8-7-15-12-21(9-10-23-15)14-5-3-2-4-6-14/h14-15H,2-12H2,1H3,(H,18,22)/t15-/m1/s1.